The van der Waals surface area contributed by atoms with Gasteiger partial charge in [0, 0.05) is 54.8 Å². The summed E-state index contributed by atoms with van der Waals surface area (Å²) in [6.07, 6.45) is 4.82. The van der Waals surface area contributed by atoms with Crippen LogP contribution in [0.2, 0.25) is 0 Å². The van der Waals surface area contributed by atoms with Gasteiger partial charge in [-0.3, -0.25) is 9.52 Å². The molecule has 1 aliphatic carbocycles. The average Bonchev–Trinajstić information content (AvgIpc) is 3.15. The second kappa shape index (κ2) is 9.56. The maximum Gasteiger partial charge on any atom is 0.258 e. The molecule has 5 rings (SSSR count). The van der Waals surface area contributed by atoms with Gasteiger partial charge in [-0.1, -0.05) is 25.3 Å². The number of sulfonamides is 2. The highest BCUT2D eigenvalue weighted by atomic mass is 32.2. The summed E-state index contributed by atoms with van der Waals surface area (Å²) < 4.78 is 80.7. The lowest BCUT2D eigenvalue weighted by Crippen LogP contribution is -2.42. The monoisotopic (exact) mass is 567 g/mol. The molecule has 0 radical (unpaired) electrons. The van der Waals surface area contributed by atoms with Crippen LogP contribution in [-0.2, 0) is 25.5 Å². The molecule has 1 saturated carbocycles. The number of carbonyl (C=O) groups is 1. The highest BCUT2D eigenvalue weighted by Gasteiger charge is 2.46. The van der Waals surface area contributed by atoms with Gasteiger partial charge in [-0.05, 0) is 54.8 Å². The molecule has 0 aromatic heterocycles. The summed E-state index contributed by atoms with van der Waals surface area (Å²) in [5, 5.41) is 0. The number of piperidine rings is 1. The Morgan fingerprint density at radius 2 is 1.61 bits per heavy atom. The normalized spacial score (nSPS) is 21.3. The smallest absolute Gasteiger partial charge is 0.258 e. The van der Waals surface area contributed by atoms with E-state index in [0.717, 1.165) is 48.2 Å². The summed E-state index contributed by atoms with van der Waals surface area (Å²) in [7, 11) is -7.52. The first-order valence-electron chi connectivity index (χ1n) is 12.7. The number of nitrogens with zero attached hydrogens (tertiary/aromatic N) is 2. The van der Waals surface area contributed by atoms with Crippen molar-refractivity contribution < 1.29 is 30.4 Å². The third kappa shape index (κ3) is 5.17. The number of hydrogen-bond acceptors (Lipinski definition) is 5. The molecule has 1 spiro atoms. The molecule has 2 fully saturated rings. The van der Waals surface area contributed by atoms with E-state index in [4.69, 9.17) is 0 Å². The molecule has 12 heteroatoms. The van der Waals surface area contributed by atoms with Gasteiger partial charge in [0.25, 0.3) is 11.8 Å². The van der Waals surface area contributed by atoms with Gasteiger partial charge in [0.05, 0.1) is 11.2 Å². The fourth-order valence-electron chi connectivity index (χ4n) is 5.93. The number of anilines is 2. The van der Waals surface area contributed by atoms with Crippen molar-refractivity contribution in [1.29, 1.82) is 0 Å². The fraction of sp³-hybridized carbons (Fsp3) is 0.500. The highest BCUT2D eigenvalue weighted by molar-refractivity contribution is 7.92. The van der Waals surface area contributed by atoms with Crippen molar-refractivity contribution in [2.45, 2.75) is 61.2 Å². The van der Waals surface area contributed by atoms with E-state index in [1.807, 2.05) is 6.07 Å². The lowest BCUT2D eigenvalue weighted by Gasteiger charge is -2.34. The summed E-state index contributed by atoms with van der Waals surface area (Å²) in [5.74, 6) is -3.24. The van der Waals surface area contributed by atoms with Gasteiger partial charge in [0.2, 0.25) is 20.0 Å². The lowest BCUT2D eigenvalue weighted by molar-refractivity contribution is -0.0412. The Hall–Kier alpha value is -2.57. The van der Waals surface area contributed by atoms with E-state index in [9.17, 15) is 30.4 Å². The maximum absolute atomic E-state index is 13.8. The second-order valence-electron chi connectivity index (χ2n) is 10.6. The lowest BCUT2D eigenvalue weighted by atomic mass is 9.70. The Balaban J connectivity index is 1.46. The number of alkyl halides is 2. The maximum atomic E-state index is 13.8. The Morgan fingerprint density at radius 1 is 0.921 bits per heavy atom. The topological polar surface area (TPSA) is 104 Å². The standard InChI is InChI=1S/C26H31F2N3O5S2/c1-37(33,34)29-20-8-9-23-22(17-20)25(10-3-2-4-11-25)18-31(23)24(32)19-6-5-7-21(16-19)38(35,36)30-14-12-26(27,28)13-15-30/h5-9,16-17,29H,2-4,10-15,18H2,1H3. The van der Waals surface area contributed by atoms with Crippen molar-refractivity contribution in [3.63, 3.8) is 0 Å². The van der Waals surface area contributed by atoms with Crippen LogP contribution in [-0.4, -0.2) is 58.9 Å². The molecule has 2 aliphatic heterocycles. The van der Waals surface area contributed by atoms with Crippen molar-refractivity contribution in [2.24, 2.45) is 0 Å². The van der Waals surface area contributed by atoms with Crippen LogP contribution in [0.3, 0.4) is 0 Å². The van der Waals surface area contributed by atoms with Gasteiger partial charge in [-0.2, -0.15) is 4.31 Å². The van der Waals surface area contributed by atoms with Gasteiger partial charge < -0.3 is 4.90 Å². The predicted octanol–water partition coefficient (Wildman–Crippen LogP) is 4.34. The number of benzene rings is 2. The SMILES string of the molecule is CS(=O)(=O)Nc1ccc2c(c1)C1(CCCCC1)CN2C(=O)c1cccc(S(=O)(=O)N2CCC(F)(F)CC2)c1. The van der Waals surface area contributed by atoms with Gasteiger partial charge in [0.1, 0.15) is 0 Å². The third-order valence-corrected chi connectivity index (χ3v) is 10.4. The van der Waals surface area contributed by atoms with Crippen molar-refractivity contribution in [3.8, 4) is 0 Å². The van der Waals surface area contributed by atoms with Crippen LogP contribution in [0, 0.1) is 0 Å². The zero-order valence-electron chi connectivity index (χ0n) is 21.1. The second-order valence-corrected chi connectivity index (χ2v) is 14.3. The zero-order chi connectivity index (χ0) is 27.3. The molecular formula is C26H31F2N3O5S2. The van der Waals surface area contributed by atoms with Crippen LogP contribution < -0.4 is 9.62 Å². The Morgan fingerprint density at radius 3 is 2.26 bits per heavy atom. The van der Waals surface area contributed by atoms with E-state index in [1.165, 1.54) is 18.2 Å². The number of carbonyl (C=O) groups excluding carboxylic acids is 1. The molecule has 1 N–H and O–H groups in total. The quantitative estimate of drug-likeness (QED) is 0.579. The van der Waals surface area contributed by atoms with Crippen LogP contribution in [0.5, 0.6) is 0 Å². The number of fused-ring (bicyclic) bond motifs is 2. The minimum absolute atomic E-state index is 0.104. The van der Waals surface area contributed by atoms with E-state index in [0.29, 0.717) is 17.9 Å². The number of nitrogens with one attached hydrogen (secondary N) is 1. The van der Waals surface area contributed by atoms with E-state index >= 15 is 0 Å². The molecule has 0 bridgehead atoms. The number of rotatable bonds is 5. The number of amides is 1. The zero-order valence-corrected chi connectivity index (χ0v) is 22.8. The Kier molecular flexibility index (Phi) is 6.80. The van der Waals surface area contributed by atoms with Crippen molar-refractivity contribution in [3.05, 3.63) is 53.6 Å². The first kappa shape index (κ1) is 27.0. The molecular weight excluding hydrogens is 536 g/mol. The number of hydrogen-bond donors (Lipinski definition) is 1. The van der Waals surface area contributed by atoms with Crippen molar-refractivity contribution in [2.75, 3.05) is 35.5 Å². The summed E-state index contributed by atoms with van der Waals surface area (Å²) in [4.78, 5) is 15.3. The Bertz CT molecular complexity index is 1460. The van der Waals surface area contributed by atoms with Gasteiger partial charge in [-0.25, -0.2) is 25.6 Å². The molecule has 3 aliphatic rings. The van der Waals surface area contributed by atoms with Crippen LogP contribution in [0.1, 0.15) is 60.9 Å². The molecule has 2 aromatic rings. The molecule has 0 atom stereocenters. The largest absolute Gasteiger partial charge is 0.307 e. The van der Waals surface area contributed by atoms with E-state index in [-0.39, 0.29) is 34.9 Å². The molecule has 1 saturated heterocycles. The fourth-order valence-corrected chi connectivity index (χ4v) is 7.98. The van der Waals surface area contributed by atoms with Crippen LogP contribution in [0.15, 0.2) is 47.4 Å². The van der Waals surface area contributed by atoms with Crippen LogP contribution >= 0.6 is 0 Å². The molecule has 0 unspecified atom stereocenters. The first-order valence-corrected chi connectivity index (χ1v) is 16.1. The van der Waals surface area contributed by atoms with E-state index in [2.05, 4.69) is 4.72 Å². The molecule has 2 heterocycles. The van der Waals surface area contributed by atoms with Crippen molar-refractivity contribution in [1.82, 2.24) is 4.31 Å². The van der Waals surface area contributed by atoms with Crippen molar-refractivity contribution >= 4 is 37.3 Å². The van der Waals surface area contributed by atoms with Crippen LogP contribution in [0.4, 0.5) is 20.2 Å². The average molecular weight is 568 g/mol. The molecule has 2 aromatic carbocycles. The van der Waals surface area contributed by atoms with Crippen LogP contribution in [0.25, 0.3) is 0 Å². The summed E-state index contributed by atoms with van der Waals surface area (Å²) in [6, 6.07) is 10.9. The first-order chi connectivity index (χ1) is 17.8. The van der Waals surface area contributed by atoms with Gasteiger partial charge in [-0.15, -0.1) is 0 Å². The summed E-state index contributed by atoms with van der Waals surface area (Å²) in [6.45, 7) is -0.138. The highest BCUT2D eigenvalue weighted by Crippen LogP contribution is 2.50. The molecule has 206 valence electrons. The van der Waals surface area contributed by atoms with E-state index in [1.54, 1.807) is 23.1 Å². The molecule has 1 amide bonds. The predicted molar refractivity (Wildman–Crippen MR) is 141 cm³/mol. The molecule has 8 nitrogen and oxygen atoms in total. The number of halogens is 2. The third-order valence-electron chi connectivity index (χ3n) is 7.85. The minimum atomic E-state index is -4.04. The van der Waals surface area contributed by atoms with E-state index < -0.39 is 38.8 Å². The Labute approximate surface area is 222 Å². The van der Waals surface area contributed by atoms with Gasteiger partial charge in [0.15, 0.2) is 0 Å². The summed E-state index contributed by atoms with van der Waals surface area (Å²) in [5.41, 5.74) is 1.91. The van der Waals surface area contributed by atoms with Gasteiger partial charge >= 0.3 is 0 Å². The molecule has 38 heavy (non-hydrogen) atoms. The summed E-state index contributed by atoms with van der Waals surface area (Å²) >= 11 is 0. The minimum Gasteiger partial charge on any atom is -0.307 e.